The maximum absolute atomic E-state index is 12.4. The van der Waals surface area contributed by atoms with Crippen molar-refractivity contribution in [1.29, 1.82) is 0 Å². The summed E-state index contributed by atoms with van der Waals surface area (Å²) in [6.07, 6.45) is 7.71. The Morgan fingerprint density at radius 3 is 2.58 bits per heavy atom. The highest BCUT2D eigenvalue weighted by Crippen LogP contribution is 2.37. The van der Waals surface area contributed by atoms with Crippen LogP contribution in [-0.4, -0.2) is 36.6 Å². The van der Waals surface area contributed by atoms with Gasteiger partial charge in [0.15, 0.2) is 0 Å². The van der Waals surface area contributed by atoms with Crippen molar-refractivity contribution in [2.45, 2.75) is 50.6 Å². The Morgan fingerprint density at radius 1 is 1.12 bits per heavy atom. The first-order valence-electron chi connectivity index (χ1n) is 9.63. The molecule has 1 aromatic carbocycles. The lowest BCUT2D eigenvalue weighted by molar-refractivity contribution is 0.206. The van der Waals surface area contributed by atoms with Crippen molar-refractivity contribution in [1.82, 2.24) is 15.5 Å². The third-order valence-corrected chi connectivity index (χ3v) is 6.00. The van der Waals surface area contributed by atoms with Crippen molar-refractivity contribution >= 4 is 6.03 Å². The number of urea groups is 1. The van der Waals surface area contributed by atoms with Crippen molar-refractivity contribution < 1.29 is 4.79 Å². The van der Waals surface area contributed by atoms with E-state index in [0.717, 1.165) is 19.1 Å². The lowest BCUT2D eigenvalue weighted by Crippen LogP contribution is -2.43. The van der Waals surface area contributed by atoms with E-state index in [0.29, 0.717) is 11.8 Å². The molecule has 1 saturated heterocycles. The van der Waals surface area contributed by atoms with Crippen LogP contribution in [-0.2, 0) is 0 Å². The average Bonchev–Trinajstić information content (AvgIpc) is 3.30. The molecular weight excluding hydrogens is 298 g/mol. The molecule has 4 nitrogen and oxygen atoms in total. The van der Waals surface area contributed by atoms with Gasteiger partial charge in [0.1, 0.15) is 0 Å². The predicted molar refractivity (Wildman–Crippen MR) is 95.8 cm³/mol. The normalized spacial score (nSPS) is 25.9. The molecule has 4 rings (SSSR count). The molecule has 1 heterocycles. The second kappa shape index (κ2) is 7.14. The van der Waals surface area contributed by atoms with Crippen molar-refractivity contribution in [3.63, 3.8) is 0 Å². The molecular formula is C20H29N3O. The smallest absolute Gasteiger partial charge is 0.315 e. The van der Waals surface area contributed by atoms with Crippen LogP contribution < -0.4 is 10.6 Å². The van der Waals surface area contributed by atoms with Gasteiger partial charge in [-0.1, -0.05) is 36.8 Å². The monoisotopic (exact) mass is 327 g/mol. The quantitative estimate of drug-likeness (QED) is 0.842. The molecule has 2 atom stereocenters. The van der Waals surface area contributed by atoms with Crippen molar-refractivity contribution in [3.8, 4) is 0 Å². The van der Waals surface area contributed by atoms with Gasteiger partial charge in [-0.15, -0.1) is 0 Å². The number of hydrogen-bond donors (Lipinski definition) is 2. The van der Waals surface area contributed by atoms with Crippen molar-refractivity contribution in [3.05, 3.63) is 35.9 Å². The summed E-state index contributed by atoms with van der Waals surface area (Å²) < 4.78 is 0. The van der Waals surface area contributed by atoms with Crippen LogP contribution in [0.25, 0.3) is 0 Å². The van der Waals surface area contributed by atoms with Crippen LogP contribution in [0.5, 0.6) is 0 Å². The van der Waals surface area contributed by atoms with E-state index < -0.39 is 0 Å². The minimum absolute atomic E-state index is 0.000579. The third-order valence-electron chi connectivity index (χ3n) is 6.00. The second-order valence-electron chi connectivity index (χ2n) is 7.81. The SMILES string of the molecule is O=C(NC[C@H]1CCN(C2CC2)C1)N[C@H](c1ccccc1)C1CCC1. The molecule has 24 heavy (non-hydrogen) atoms. The number of nitrogens with zero attached hydrogens (tertiary/aromatic N) is 1. The Labute approximate surface area is 145 Å². The number of nitrogens with one attached hydrogen (secondary N) is 2. The van der Waals surface area contributed by atoms with Gasteiger partial charge in [-0.25, -0.2) is 4.79 Å². The molecule has 2 saturated carbocycles. The van der Waals surface area contributed by atoms with E-state index in [1.807, 2.05) is 6.07 Å². The lowest BCUT2D eigenvalue weighted by Gasteiger charge is -2.34. The maximum Gasteiger partial charge on any atom is 0.315 e. The van der Waals surface area contributed by atoms with Gasteiger partial charge in [0.25, 0.3) is 0 Å². The highest BCUT2D eigenvalue weighted by atomic mass is 16.2. The Kier molecular flexibility index (Phi) is 4.74. The predicted octanol–water partition coefficient (Wildman–Crippen LogP) is 3.31. The highest BCUT2D eigenvalue weighted by molar-refractivity contribution is 5.74. The van der Waals surface area contributed by atoms with Gasteiger partial charge in [-0.3, -0.25) is 0 Å². The topological polar surface area (TPSA) is 44.4 Å². The van der Waals surface area contributed by atoms with E-state index in [4.69, 9.17) is 0 Å². The number of hydrogen-bond acceptors (Lipinski definition) is 2. The number of carbonyl (C=O) groups excluding carboxylic acids is 1. The molecule has 2 aliphatic carbocycles. The first kappa shape index (κ1) is 15.9. The molecule has 2 amide bonds. The summed E-state index contributed by atoms with van der Waals surface area (Å²) in [6, 6.07) is 11.4. The summed E-state index contributed by atoms with van der Waals surface area (Å²) >= 11 is 0. The van der Waals surface area contributed by atoms with E-state index in [9.17, 15) is 4.79 Å². The van der Waals surface area contributed by atoms with E-state index >= 15 is 0 Å². The van der Waals surface area contributed by atoms with Crippen LogP contribution in [0.15, 0.2) is 30.3 Å². The van der Waals surface area contributed by atoms with E-state index in [1.54, 1.807) is 0 Å². The van der Waals surface area contributed by atoms with Crippen LogP contribution in [0.1, 0.15) is 50.1 Å². The molecule has 3 aliphatic rings. The minimum Gasteiger partial charge on any atom is -0.338 e. The lowest BCUT2D eigenvalue weighted by atomic mass is 9.77. The molecule has 0 radical (unpaired) electrons. The molecule has 0 spiro atoms. The van der Waals surface area contributed by atoms with Gasteiger partial charge in [0, 0.05) is 19.1 Å². The van der Waals surface area contributed by atoms with Gasteiger partial charge in [0.2, 0.25) is 0 Å². The zero-order chi connectivity index (χ0) is 16.4. The Morgan fingerprint density at radius 2 is 1.92 bits per heavy atom. The number of likely N-dealkylation sites (tertiary alicyclic amines) is 1. The fraction of sp³-hybridized carbons (Fsp3) is 0.650. The van der Waals surface area contributed by atoms with E-state index in [2.05, 4.69) is 39.8 Å². The number of benzene rings is 1. The number of rotatable bonds is 6. The first-order valence-corrected chi connectivity index (χ1v) is 9.63. The molecule has 3 fully saturated rings. The highest BCUT2D eigenvalue weighted by Gasteiger charge is 2.34. The Balaban J connectivity index is 1.27. The van der Waals surface area contributed by atoms with Crippen molar-refractivity contribution in [2.24, 2.45) is 11.8 Å². The first-order chi connectivity index (χ1) is 11.8. The summed E-state index contributed by atoms with van der Waals surface area (Å²) in [7, 11) is 0. The standard InChI is InChI=1S/C20H29N3O/c24-20(21-13-15-11-12-23(14-15)18-9-10-18)22-19(17-7-4-8-17)16-5-2-1-3-6-16/h1-3,5-6,15,17-19H,4,7-14H2,(H2,21,22,24)/t15-,19-/m1/s1. The van der Waals surface area contributed by atoms with E-state index in [-0.39, 0.29) is 12.1 Å². The molecule has 1 aliphatic heterocycles. The summed E-state index contributed by atoms with van der Waals surface area (Å²) in [4.78, 5) is 15.0. The second-order valence-corrected chi connectivity index (χ2v) is 7.81. The maximum atomic E-state index is 12.4. The zero-order valence-corrected chi connectivity index (χ0v) is 14.4. The molecule has 1 aromatic rings. The fourth-order valence-corrected chi connectivity index (χ4v) is 4.14. The molecule has 0 unspecified atom stereocenters. The van der Waals surface area contributed by atoms with Crippen LogP contribution in [0, 0.1) is 11.8 Å². The molecule has 0 aromatic heterocycles. The average molecular weight is 327 g/mol. The summed E-state index contributed by atoms with van der Waals surface area (Å²) in [5, 5.41) is 6.37. The minimum atomic E-state index is 0.000579. The molecule has 4 heteroatoms. The summed E-state index contributed by atoms with van der Waals surface area (Å²) in [5.74, 6) is 1.21. The van der Waals surface area contributed by atoms with E-state index in [1.165, 1.54) is 50.6 Å². The third kappa shape index (κ3) is 3.75. The van der Waals surface area contributed by atoms with Crippen molar-refractivity contribution in [2.75, 3.05) is 19.6 Å². The van der Waals surface area contributed by atoms with Gasteiger partial charge in [-0.05, 0) is 56.0 Å². The molecule has 130 valence electrons. The Bertz CT molecular complexity index is 553. The van der Waals surface area contributed by atoms with Crippen LogP contribution in [0.2, 0.25) is 0 Å². The zero-order valence-electron chi connectivity index (χ0n) is 14.4. The summed E-state index contributed by atoms with van der Waals surface area (Å²) in [6.45, 7) is 3.18. The van der Waals surface area contributed by atoms with Gasteiger partial charge < -0.3 is 15.5 Å². The Hall–Kier alpha value is -1.55. The fourth-order valence-electron chi connectivity index (χ4n) is 4.14. The van der Waals surface area contributed by atoms with Gasteiger partial charge >= 0.3 is 6.03 Å². The number of carbonyl (C=O) groups is 1. The number of amides is 2. The summed E-state index contributed by atoms with van der Waals surface area (Å²) in [5.41, 5.74) is 1.23. The van der Waals surface area contributed by atoms with Gasteiger partial charge in [-0.2, -0.15) is 0 Å². The molecule has 2 N–H and O–H groups in total. The van der Waals surface area contributed by atoms with Crippen LogP contribution >= 0.6 is 0 Å². The van der Waals surface area contributed by atoms with Crippen LogP contribution in [0.4, 0.5) is 4.79 Å². The van der Waals surface area contributed by atoms with Gasteiger partial charge in [0.05, 0.1) is 6.04 Å². The van der Waals surface area contributed by atoms with Crippen LogP contribution in [0.3, 0.4) is 0 Å². The largest absolute Gasteiger partial charge is 0.338 e. The molecule has 0 bridgehead atoms.